The molecule has 2 aliphatic rings. The van der Waals surface area contributed by atoms with Crippen LogP contribution in [-0.2, 0) is 6.54 Å². The number of nitrogens with zero attached hydrogens (tertiary/aromatic N) is 2. The molecule has 0 bridgehead atoms. The summed E-state index contributed by atoms with van der Waals surface area (Å²) >= 11 is 0. The van der Waals surface area contributed by atoms with Gasteiger partial charge < -0.3 is 9.88 Å². The average molecular weight is 359 g/mol. The molecule has 6 nitrogen and oxygen atoms in total. The molecular weight excluding hydrogens is 338 g/mol. The Bertz CT molecular complexity index is 997. The van der Waals surface area contributed by atoms with Gasteiger partial charge >= 0.3 is 0 Å². The van der Waals surface area contributed by atoms with Crippen LogP contribution in [0.15, 0.2) is 60.9 Å². The van der Waals surface area contributed by atoms with Gasteiger partial charge in [-0.1, -0.05) is 36.4 Å². The van der Waals surface area contributed by atoms with Crippen molar-refractivity contribution in [3.63, 3.8) is 0 Å². The van der Waals surface area contributed by atoms with Crippen molar-refractivity contribution in [2.75, 3.05) is 5.32 Å². The summed E-state index contributed by atoms with van der Waals surface area (Å²) in [6.45, 7) is 2.97. The summed E-state index contributed by atoms with van der Waals surface area (Å²) in [6, 6.07) is 16.3. The zero-order chi connectivity index (χ0) is 18.4. The third-order valence-corrected chi connectivity index (χ3v) is 5.58. The molecule has 3 atom stereocenters. The van der Waals surface area contributed by atoms with E-state index in [9.17, 15) is 4.79 Å². The molecule has 0 saturated heterocycles. The van der Waals surface area contributed by atoms with Gasteiger partial charge in [0.15, 0.2) is 0 Å². The molecule has 3 unspecified atom stereocenters. The van der Waals surface area contributed by atoms with E-state index in [2.05, 4.69) is 51.9 Å². The van der Waals surface area contributed by atoms with Crippen LogP contribution < -0.4 is 16.2 Å². The number of hydrogen-bond donors (Lipinski definition) is 3. The highest BCUT2D eigenvalue weighted by Gasteiger charge is 2.44. The van der Waals surface area contributed by atoms with Gasteiger partial charge in [0.2, 0.25) is 0 Å². The van der Waals surface area contributed by atoms with E-state index in [4.69, 9.17) is 4.98 Å². The van der Waals surface area contributed by atoms with Crippen LogP contribution in [0, 0.1) is 0 Å². The lowest BCUT2D eigenvalue weighted by molar-refractivity contribution is 0.0897. The van der Waals surface area contributed by atoms with E-state index in [-0.39, 0.29) is 23.9 Å². The Labute approximate surface area is 157 Å². The first-order chi connectivity index (χ1) is 13.3. The predicted molar refractivity (Wildman–Crippen MR) is 103 cm³/mol. The van der Waals surface area contributed by atoms with Gasteiger partial charge in [0, 0.05) is 35.8 Å². The maximum Gasteiger partial charge on any atom is 0.265 e. The van der Waals surface area contributed by atoms with Gasteiger partial charge in [0.05, 0.1) is 18.0 Å². The van der Waals surface area contributed by atoms with E-state index in [1.807, 2.05) is 36.7 Å². The molecule has 3 heterocycles. The van der Waals surface area contributed by atoms with E-state index < -0.39 is 0 Å². The molecule has 1 aromatic heterocycles. The molecule has 0 saturated carbocycles. The molecule has 0 aliphatic carbocycles. The second-order valence-corrected chi connectivity index (χ2v) is 6.97. The molecule has 0 spiro atoms. The minimum atomic E-state index is -0.0966. The molecular formula is C21H21N5O. The molecule has 2 aromatic carbocycles. The molecule has 6 heteroatoms. The van der Waals surface area contributed by atoms with Crippen molar-refractivity contribution in [3.8, 4) is 0 Å². The highest BCUT2D eigenvalue weighted by Crippen LogP contribution is 2.49. The monoisotopic (exact) mass is 359 g/mol. The number of hydrogen-bond acceptors (Lipinski definition) is 4. The lowest BCUT2D eigenvalue weighted by atomic mass is 9.77. The minimum Gasteiger partial charge on any atom is -0.377 e. The van der Waals surface area contributed by atoms with Gasteiger partial charge in [-0.3, -0.25) is 10.2 Å². The second kappa shape index (κ2) is 6.25. The van der Waals surface area contributed by atoms with Gasteiger partial charge in [-0.15, -0.1) is 0 Å². The van der Waals surface area contributed by atoms with Crippen molar-refractivity contribution >= 4 is 11.6 Å². The molecule has 27 heavy (non-hydrogen) atoms. The fourth-order valence-electron chi connectivity index (χ4n) is 4.36. The third kappa shape index (κ3) is 2.44. The van der Waals surface area contributed by atoms with Gasteiger partial charge in [-0.25, -0.2) is 10.4 Å². The molecule has 2 aliphatic heterocycles. The largest absolute Gasteiger partial charge is 0.377 e. The van der Waals surface area contributed by atoms with Gasteiger partial charge in [-0.05, 0) is 24.6 Å². The zero-order valence-electron chi connectivity index (χ0n) is 15.0. The first-order valence-electron chi connectivity index (χ1n) is 9.29. The zero-order valence-corrected chi connectivity index (χ0v) is 15.0. The minimum absolute atomic E-state index is 0.0246. The Morgan fingerprint density at radius 1 is 1.07 bits per heavy atom. The summed E-state index contributed by atoms with van der Waals surface area (Å²) in [5, 5.41) is 3.69. The summed E-state index contributed by atoms with van der Waals surface area (Å²) in [5.74, 6) is 0.935. The van der Waals surface area contributed by atoms with Crippen molar-refractivity contribution < 1.29 is 4.79 Å². The van der Waals surface area contributed by atoms with Crippen LogP contribution in [0.1, 0.15) is 52.2 Å². The Balaban J connectivity index is 1.73. The quantitative estimate of drug-likeness (QED) is 0.672. The van der Waals surface area contributed by atoms with Crippen molar-refractivity contribution in [2.24, 2.45) is 0 Å². The molecule has 5 rings (SSSR count). The number of imidazole rings is 1. The van der Waals surface area contributed by atoms with E-state index in [0.717, 1.165) is 29.2 Å². The van der Waals surface area contributed by atoms with E-state index in [1.54, 1.807) is 0 Å². The average Bonchev–Trinajstić information content (AvgIpc) is 3.19. The standard InChI is InChI=1S/C21H21N5O/c1-2-26-12-11-22-20(26)17-18(13-7-4-3-5-8-13)23-15-10-6-9-14-16(15)19(17)24-25-21(14)27/h3-12,17-19,23-24H,2H2,1H3,(H,25,27). The highest BCUT2D eigenvalue weighted by molar-refractivity contribution is 5.98. The molecule has 1 amide bonds. The van der Waals surface area contributed by atoms with Crippen LogP contribution in [0.4, 0.5) is 5.69 Å². The molecule has 136 valence electrons. The lowest BCUT2D eigenvalue weighted by Crippen LogP contribution is -2.51. The molecule has 0 radical (unpaired) electrons. The highest BCUT2D eigenvalue weighted by atomic mass is 16.2. The molecule has 0 fully saturated rings. The van der Waals surface area contributed by atoms with Crippen LogP contribution in [0.2, 0.25) is 0 Å². The number of anilines is 1. The fourth-order valence-corrected chi connectivity index (χ4v) is 4.36. The summed E-state index contributed by atoms with van der Waals surface area (Å²) in [5.41, 5.74) is 10.0. The van der Waals surface area contributed by atoms with Crippen molar-refractivity contribution in [1.29, 1.82) is 0 Å². The second-order valence-electron chi connectivity index (χ2n) is 6.97. The maximum absolute atomic E-state index is 12.4. The number of hydrazine groups is 1. The van der Waals surface area contributed by atoms with Crippen LogP contribution in [0.25, 0.3) is 0 Å². The lowest BCUT2D eigenvalue weighted by Gasteiger charge is -2.43. The number of aryl methyl sites for hydroxylation is 1. The van der Waals surface area contributed by atoms with Crippen molar-refractivity contribution in [2.45, 2.75) is 31.5 Å². The predicted octanol–water partition coefficient (Wildman–Crippen LogP) is 3.14. The topological polar surface area (TPSA) is 71.0 Å². The van der Waals surface area contributed by atoms with Crippen LogP contribution in [0.5, 0.6) is 0 Å². The number of carbonyl (C=O) groups excluding carboxylic acids is 1. The van der Waals surface area contributed by atoms with E-state index in [1.165, 1.54) is 5.56 Å². The van der Waals surface area contributed by atoms with E-state index in [0.29, 0.717) is 0 Å². The number of amides is 1. The van der Waals surface area contributed by atoms with Crippen LogP contribution >= 0.6 is 0 Å². The summed E-state index contributed by atoms with van der Waals surface area (Å²) in [6.07, 6.45) is 3.87. The van der Waals surface area contributed by atoms with Gasteiger partial charge in [-0.2, -0.15) is 0 Å². The Morgan fingerprint density at radius 2 is 1.93 bits per heavy atom. The van der Waals surface area contributed by atoms with Crippen molar-refractivity contribution in [1.82, 2.24) is 20.4 Å². The van der Waals surface area contributed by atoms with E-state index >= 15 is 0 Å². The normalized spacial score (nSPS) is 23.3. The summed E-state index contributed by atoms with van der Waals surface area (Å²) in [4.78, 5) is 17.1. The first kappa shape index (κ1) is 16.1. The summed E-state index contributed by atoms with van der Waals surface area (Å²) < 4.78 is 2.17. The maximum atomic E-state index is 12.4. The Kier molecular flexibility index (Phi) is 3.72. The smallest absolute Gasteiger partial charge is 0.265 e. The number of aromatic nitrogens is 2. The third-order valence-electron chi connectivity index (χ3n) is 5.58. The molecule has 3 aromatic rings. The summed E-state index contributed by atoms with van der Waals surface area (Å²) in [7, 11) is 0. The first-order valence-corrected chi connectivity index (χ1v) is 9.29. The number of nitrogens with one attached hydrogen (secondary N) is 3. The number of carbonyl (C=O) groups is 1. The fraction of sp³-hybridized carbons (Fsp3) is 0.238. The van der Waals surface area contributed by atoms with Gasteiger partial charge in [0.25, 0.3) is 5.91 Å². The van der Waals surface area contributed by atoms with Gasteiger partial charge in [0.1, 0.15) is 5.82 Å². The van der Waals surface area contributed by atoms with Crippen molar-refractivity contribution in [3.05, 3.63) is 83.4 Å². The Hall–Kier alpha value is -3.12. The number of rotatable bonds is 3. The van der Waals surface area contributed by atoms with Crippen LogP contribution in [-0.4, -0.2) is 15.5 Å². The van der Waals surface area contributed by atoms with Crippen LogP contribution in [0.3, 0.4) is 0 Å². The number of benzene rings is 2. The molecule has 3 N–H and O–H groups in total. The SMILES string of the molecule is CCn1ccnc1C1C(c2ccccc2)Nc2cccc3c2C1NNC3=O. The Morgan fingerprint density at radius 3 is 2.74 bits per heavy atom.